The van der Waals surface area contributed by atoms with Crippen LogP contribution in [-0.2, 0) is 15.8 Å². The molecule has 0 aromatic rings. The van der Waals surface area contributed by atoms with E-state index in [4.69, 9.17) is 7.23 Å². The zero-order valence-corrected chi connectivity index (χ0v) is 4.95. The molecular weight excluding hydrogens is 211 g/mol. The molecule has 5 heteroatoms. The molecule has 0 saturated heterocycles. The summed E-state index contributed by atoms with van der Waals surface area (Å²) in [4.78, 5) is 0. The Bertz CT molecular complexity index is 23.1. The van der Waals surface area contributed by atoms with Gasteiger partial charge in [0.1, 0.15) is 0 Å². The second-order valence-corrected chi connectivity index (χ2v) is 6.27. The molecule has 0 amide bonds. The monoisotopic (exact) mass is 211 g/mol. The first-order valence-electron chi connectivity index (χ1n) is 0.498. The van der Waals surface area contributed by atoms with Crippen molar-refractivity contribution < 1.29 is 23.0 Å². The van der Waals surface area contributed by atoms with Gasteiger partial charge in [0.25, 0.3) is 0 Å². The van der Waals surface area contributed by atoms with Gasteiger partial charge in [-0.25, -0.2) is 0 Å². The van der Waals surface area contributed by atoms with E-state index in [-0.39, 0.29) is 0 Å². The van der Waals surface area contributed by atoms with Gasteiger partial charge < -0.3 is 0 Å². The third kappa shape index (κ3) is 35.8. The van der Waals surface area contributed by atoms with Gasteiger partial charge in [0.2, 0.25) is 0 Å². The minimum absolute atomic E-state index is 3.68. The van der Waals surface area contributed by atoms with Crippen LogP contribution in [0.2, 0.25) is 0 Å². The van der Waals surface area contributed by atoms with E-state index in [2.05, 4.69) is 18.4 Å². The molecule has 0 aliphatic rings. The van der Waals surface area contributed by atoms with E-state index < -0.39 is 15.8 Å². The van der Waals surface area contributed by atoms with Crippen LogP contribution >= 0.6 is 18.4 Å². The van der Waals surface area contributed by atoms with Crippen molar-refractivity contribution in [1.29, 1.82) is 0 Å². The van der Waals surface area contributed by atoms with Gasteiger partial charge in [-0.3, -0.25) is 0 Å². The van der Waals surface area contributed by atoms with Crippen molar-refractivity contribution in [2.45, 2.75) is 0 Å². The summed E-state index contributed by atoms with van der Waals surface area (Å²) in [5.74, 6) is 0. The average Bonchev–Trinajstić information content (AvgIpc) is 0.722. The van der Waals surface area contributed by atoms with Crippen LogP contribution < -0.4 is 0 Å². The van der Waals surface area contributed by atoms with E-state index in [9.17, 15) is 0 Å². The molecule has 0 aromatic carbocycles. The second kappa shape index (κ2) is 1.80. The molecule has 0 unspecified atom stereocenters. The standard InChI is InChI=1S/Ag.2ClH.2H2O/h;2*1H;2*1H2/q+4;;;;/p-4. The molecule has 5 heavy (non-hydrogen) atoms. The quantitative estimate of drug-likeness (QED) is 0.566. The Labute approximate surface area is 41.5 Å². The van der Waals surface area contributed by atoms with E-state index in [1.54, 1.807) is 0 Å². The first kappa shape index (κ1) is 6.24. The second-order valence-electron chi connectivity index (χ2n) is 0.307. The van der Waals surface area contributed by atoms with Gasteiger partial charge in [-0.15, -0.1) is 0 Å². The van der Waals surface area contributed by atoms with Crippen LogP contribution in [0.5, 0.6) is 0 Å². The summed E-state index contributed by atoms with van der Waals surface area (Å²) in [5, 5.41) is 0. The first-order valence-corrected chi connectivity index (χ1v) is 5.64. The molecule has 0 fully saturated rings. The molecule has 0 rings (SSSR count). The molecule has 39 valence electrons. The zero-order valence-electron chi connectivity index (χ0n) is 1.95. The van der Waals surface area contributed by atoms with Crippen LogP contribution in [0.1, 0.15) is 0 Å². The Morgan fingerprint density at radius 3 is 1.20 bits per heavy atom. The fourth-order valence-corrected chi connectivity index (χ4v) is 0. The van der Waals surface area contributed by atoms with Crippen LogP contribution in [0, 0.1) is 0 Å². The maximum atomic E-state index is 7.75. The third-order valence-electron chi connectivity index (χ3n) is 0. The van der Waals surface area contributed by atoms with E-state index in [1.807, 2.05) is 0 Å². The third-order valence-corrected chi connectivity index (χ3v) is 0. The summed E-state index contributed by atoms with van der Waals surface area (Å²) in [6.45, 7) is 0. The Morgan fingerprint density at radius 1 is 1.20 bits per heavy atom. The molecule has 0 heterocycles. The average molecular weight is 213 g/mol. The number of hydrogen-bond acceptors (Lipinski definition) is 2. The predicted octanol–water partition coefficient (Wildman–Crippen LogP) is 0.263. The summed E-state index contributed by atoms with van der Waals surface area (Å²) in [6.07, 6.45) is 0. The van der Waals surface area contributed by atoms with Crippen molar-refractivity contribution in [3.05, 3.63) is 0 Å². The van der Waals surface area contributed by atoms with Gasteiger partial charge >= 0.3 is 41.4 Å². The minimum atomic E-state index is -3.68. The first-order chi connectivity index (χ1) is 2.00. The van der Waals surface area contributed by atoms with Gasteiger partial charge in [-0.2, -0.15) is 0 Å². The zero-order chi connectivity index (χ0) is 4.50. The Morgan fingerprint density at radius 2 is 1.20 bits per heavy atom. The van der Waals surface area contributed by atoms with E-state index in [0.29, 0.717) is 0 Å². The molecule has 0 bridgehead atoms. The Hall–Kier alpha value is 1.24. The van der Waals surface area contributed by atoms with Gasteiger partial charge in [-0.1, -0.05) is 0 Å². The van der Waals surface area contributed by atoms with Crippen molar-refractivity contribution >= 4 is 18.4 Å². The topological polar surface area (TPSA) is 40.5 Å². The number of hydrogen-bond donors (Lipinski definition) is 2. The normalized spacial score (nSPS) is 15.2. The predicted molar refractivity (Wildman–Crippen MR) is 16.1 cm³/mol. The van der Waals surface area contributed by atoms with Crippen LogP contribution in [0.25, 0.3) is 0 Å². The van der Waals surface area contributed by atoms with Crippen LogP contribution in [0.15, 0.2) is 0 Å². The van der Waals surface area contributed by atoms with Crippen molar-refractivity contribution in [3.63, 3.8) is 0 Å². The number of rotatable bonds is 0. The molecule has 2 nitrogen and oxygen atoms in total. The summed E-state index contributed by atoms with van der Waals surface area (Å²) < 4.78 is 15.5. The van der Waals surface area contributed by atoms with Crippen molar-refractivity contribution in [2.75, 3.05) is 0 Å². The van der Waals surface area contributed by atoms with Crippen LogP contribution in [-0.4, -0.2) is 7.23 Å². The van der Waals surface area contributed by atoms with Crippen LogP contribution in [0.4, 0.5) is 0 Å². The maximum absolute atomic E-state index is 7.75. The summed E-state index contributed by atoms with van der Waals surface area (Å²) in [5.41, 5.74) is 0. The summed E-state index contributed by atoms with van der Waals surface area (Å²) in [6, 6.07) is 0. The Kier molecular flexibility index (Phi) is 2.24. The van der Waals surface area contributed by atoms with Gasteiger partial charge in [0.05, 0.1) is 0 Å². The van der Waals surface area contributed by atoms with E-state index >= 15 is 0 Å². The molecule has 0 spiro atoms. The molecule has 0 aliphatic carbocycles. The molecule has 0 saturated carbocycles. The fourth-order valence-electron chi connectivity index (χ4n) is 0. The molecule has 0 aliphatic heterocycles. The van der Waals surface area contributed by atoms with Crippen molar-refractivity contribution in [2.24, 2.45) is 0 Å². The van der Waals surface area contributed by atoms with Gasteiger partial charge in [-0.05, 0) is 0 Å². The molecule has 0 radical (unpaired) electrons. The summed E-state index contributed by atoms with van der Waals surface area (Å²) >= 11 is -3.68. The van der Waals surface area contributed by atoms with Gasteiger partial charge in [0.15, 0.2) is 0 Å². The SMILES string of the molecule is [OH][Ag]([OH])([Cl])[Cl]. The Balaban J connectivity index is 3.02. The number of halogens is 2. The molecule has 2 N–H and O–H groups in total. The molecular formula is H2AgCl2O2. The van der Waals surface area contributed by atoms with E-state index in [0.717, 1.165) is 0 Å². The van der Waals surface area contributed by atoms with Crippen molar-refractivity contribution in [1.82, 2.24) is 0 Å². The van der Waals surface area contributed by atoms with E-state index in [1.165, 1.54) is 0 Å². The molecule has 0 atom stereocenters. The fraction of sp³-hybridized carbons (Fsp3) is 0. The van der Waals surface area contributed by atoms with Crippen LogP contribution in [0.3, 0.4) is 0 Å². The van der Waals surface area contributed by atoms with Gasteiger partial charge in [0, 0.05) is 0 Å². The van der Waals surface area contributed by atoms with Crippen molar-refractivity contribution in [3.8, 4) is 0 Å². The molecule has 0 aromatic heterocycles. The summed E-state index contributed by atoms with van der Waals surface area (Å²) in [7, 11) is 9.09.